The first-order valence-electron chi connectivity index (χ1n) is 10.6. The molecule has 0 unspecified atom stereocenters. The van der Waals surface area contributed by atoms with Gasteiger partial charge >= 0.3 is 0 Å². The second-order valence-electron chi connectivity index (χ2n) is 7.77. The fourth-order valence-electron chi connectivity index (χ4n) is 3.73. The Morgan fingerprint density at radius 2 is 1.65 bits per heavy atom. The molecule has 1 aliphatic heterocycles. The van der Waals surface area contributed by atoms with Crippen molar-refractivity contribution in [1.82, 2.24) is 5.48 Å². The van der Waals surface area contributed by atoms with Crippen molar-refractivity contribution in [2.24, 2.45) is 0 Å². The van der Waals surface area contributed by atoms with Gasteiger partial charge in [0.15, 0.2) is 20.4 Å². The number of nitrogens with one attached hydrogen (secondary N) is 1. The van der Waals surface area contributed by atoms with Crippen LogP contribution in [0.4, 0.5) is 0 Å². The highest BCUT2D eigenvalue weighted by molar-refractivity contribution is 7.93. The molecule has 0 aliphatic carbocycles. The van der Waals surface area contributed by atoms with Crippen LogP contribution in [0.3, 0.4) is 0 Å². The predicted molar refractivity (Wildman–Crippen MR) is 120 cm³/mol. The minimum atomic E-state index is -4.13. The minimum absolute atomic E-state index is 0.0172. The Hall–Kier alpha value is -2.99. The molecule has 3 N–H and O–H groups in total. The minimum Gasteiger partial charge on any atom is -0.497 e. The van der Waals surface area contributed by atoms with Gasteiger partial charge in [-0.2, -0.15) is 0 Å². The zero-order chi connectivity index (χ0) is 24.8. The summed E-state index contributed by atoms with van der Waals surface area (Å²) in [5.74, 6) is -0.515. The number of hydroxylamine groups is 1. The average Bonchev–Trinajstić information content (AvgIpc) is 2.88. The standard InChI is InChI=1S/C23H27NO9S/c1-31-17-4-2-16(3-5-17)21(26)20(25)10-13-33-18-6-8-19(9-7-18)34(29,30)23(22(27)24-28)11-14-32-15-12-23/h2-9,20,25,28H,10-15H2,1H3,(H,24,27)/t20-/m1/s1. The molecule has 1 aliphatic rings. The van der Waals surface area contributed by atoms with Crippen LogP contribution < -0.4 is 15.0 Å². The second-order valence-corrected chi connectivity index (χ2v) is 10.0. The van der Waals surface area contributed by atoms with Crippen molar-refractivity contribution < 1.29 is 42.5 Å². The second kappa shape index (κ2) is 11.0. The first kappa shape index (κ1) is 25.6. The number of methoxy groups -OCH3 is 1. The van der Waals surface area contributed by atoms with E-state index in [0.29, 0.717) is 17.1 Å². The maximum absolute atomic E-state index is 13.2. The number of hydrogen-bond acceptors (Lipinski definition) is 9. The molecule has 1 amide bonds. The molecule has 11 heteroatoms. The van der Waals surface area contributed by atoms with Crippen LogP contribution in [0, 0.1) is 0 Å². The molecule has 2 aromatic rings. The summed E-state index contributed by atoms with van der Waals surface area (Å²) in [5.41, 5.74) is 1.82. The van der Waals surface area contributed by atoms with Crippen LogP contribution in [0.15, 0.2) is 53.4 Å². The molecule has 10 nitrogen and oxygen atoms in total. The highest BCUT2D eigenvalue weighted by Crippen LogP contribution is 2.35. The molecule has 34 heavy (non-hydrogen) atoms. The molecular formula is C23H27NO9S. The summed E-state index contributed by atoms with van der Waals surface area (Å²) in [6, 6.07) is 11.8. The van der Waals surface area contributed by atoms with E-state index in [1.165, 1.54) is 36.9 Å². The van der Waals surface area contributed by atoms with Crippen LogP contribution in [-0.4, -0.2) is 68.2 Å². The van der Waals surface area contributed by atoms with Gasteiger partial charge in [0.25, 0.3) is 5.91 Å². The zero-order valence-electron chi connectivity index (χ0n) is 18.6. The number of aliphatic hydroxyl groups excluding tert-OH is 1. The van der Waals surface area contributed by atoms with Gasteiger partial charge in [0, 0.05) is 25.2 Å². The van der Waals surface area contributed by atoms with Crippen LogP contribution in [0.5, 0.6) is 11.5 Å². The lowest BCUT2D eigenvalue weighted by Gasteiger charge is -2.34. The number of ether oxygens (including phenoxy) is 3. The lowest BCUT2D eigenvalue weighted by atomic mass is 9.98. The van der Waals surface area contributed by atoms with Gasteiger partial charge < -0.3 is 19.3 Å². The average molecular weight is 494 g/mol. The molecule has 1 saturated heterocycles. The number of amides is 1. The summed E-state index contributed by atoms with van der Waals surface area (Å²) in [7, 11) is -2.62. The number of benzene rings is 2. The van der Waals surface area contributed by atoms with Crippen molar-refractivity contribution >= 4 is 21.5 Å². The quantitative estimate of drug-likeness (QED) is 0.254. The molecular weight excluding hydrogens is 466 g/mol. The summed E-state index contributed by atoms with van der Waals surface area (Å²) in [6.45, 7) is 0.167. The summed E-state index contributed by atoms with van der Waals surface area (Å²) >= 11 is 0. The fourth-order valence-corrected chi connectivity index (χ4v) is 5.67. The van der Waals surface area contributed by atoms with Crippen LogP contribution in [0.1, 0.15) is 29.6 Å². The number of hydrogen-bond donors (Lipinski definition) is 3. The fraction of sp³-hybridized carbons (Fsp3) is 0.391. The van der Waals surface area contributed by atoms with Crippen LogP contribution >= 0.6 is 0 Å². The lowest BCUT2D eigenvalue weighted by Crippen LogP contribution is -2.54. The highest BCUT2D eigenvalue weighted by Gasteiger charge is 2.52. The monoisotopic (exact) mass is 493 g/mol. The van der Waals surface area contributed by atoms with Crippen molar-refractivity contribution in [2.45, 2.75) is 35.0 Å². The van der Waals surface area contributed by atoms with Gasteiger partial charge in [0.2, 0.25) is 0 Å². The van der Waals surface area contributed by atoms with Crippen molar-refractivity contribution in [2.75, 3.05) is 26.9 Å². The molecule has 0 saturated carbocycles. The molecule has 0 bridgehead atoms. The van der Waals surface area contributed by atoms with Gasteiger partial charge in [-0.3, -0.25) is 14.8 Å². The third kappa shape index (κ3) is 5.22. The predicted octanol–water partition coefficient (Wildman–Crippen LogP) is 1.54. The molecule has 0 radical (unpaired) electrons. The van der Waals surface area contributed by atoms with E-state index in [1.807, 2.05) is 0 Å². The van der Waals surface area contributed by atoms with E-state index < -0.39 is 32.4 Å². The zero-order valence-corrected chi connectivity index (χ0v) is 19.4. The molecule has 3 rings (SSSR count). The Bertz CT molecular complexity index is 1090. The van der Waals surface area contributed by atoms with E-state index in [9.17, 15) is 23.1 Å². The number of carbonyl (C=O) groups is 2. The van der Waals surface area contributed by atoms with Gasteiger partial charge in [-0.05, 0) is 61.4 Å². The molecule has 0 spiro atoms. The van der Waals surface area contributed by atoms with Crippen molar-refractivity contribution in [3.63, 3.8) is 0 Å². The summed E-state index contributed by atoms with van der Waals surface area (Å²) in [5, 5.41) is 19.3. The smallest absolute Gasteiger partial charge is 0.265 e. The van der Waals surface area contributed by atoms with Crippen LogP contribution in [0.2, 0.25) is 0 Å². The maximum Gasteiger partial charge on any atom is 0.265 e. The number of rotatable bonds is 10. The van der Waals surface area contributed by atoms with Gasteiger partial charge in [-0.25, -0.2) is 13.9 Å². The third-order valence-corrected chi connectivity index (χ3v) is 8.32. The van der Waals surface area contributed by atoms with Crippen molar-refractivity contribution in [3.8, 4) is 11.5 Å². The molecule has 1 fully saturated rings. The molecule has 2 aromatic carbocycles. The Balaban J connectivity index is 1.62. The van der Waals surface area contributed by atoms with Gasteiger partial charge in [0.1, 0.15) is 17.6 Å². The Morgan fingerprint density at radius 1 is 1.06 bits per heavy atom. The third-order valence-electron chi connectivity index (χ3n) is 5.80. The largest absolute Gasteiger partial charge is 0.497 e. The molecule has 184 valence electrons. The Kier molecular flexibility index (Phi) is 8.26. The van der Waals surface area contributed by atoms with E-state index in [4.69, 9.17) is 19.4 Å². The molecule has 1 heterocycles. The first-order chi connectivity index (χ1) is 16.2. The number of sulfone groups is 1. The van der Waals surface area contributed by atoms with E-state index in [-0.39, 0.29) is 44.0 Å². The van der Waals surface area contributed by atoms with Gasteiger partial charge in [-0.1, -0.05) is 0 Å². The van der Waals surface area contributed by atoms with Crippen LogP contribution in [-0.2, 0) is 19.4 Å². The number of Topliss-reactive ketones (excluding diaryl/α,β-unsaturated/α-hetero) is 1. The lowest BCUT2D eigenvalue weighted by molar-refractivity contribution is -0.134. The summed E-state index contributed by atoms with van der Waals surface area (Å²) in [6.07, 6.45) is -1.40. The number of ketones is 1. The van der Waals surface area contributed by atoms with Crippen molar-refractivity contribution in [1.29, 1.82) is 0 Å². The normalized spacial score (nSPS) is 16.3. The van der Waals surface area contributed by atoms with E-state index in [2.05, 4.69) is 0 Å². The van der Waals surface area contributed by atoms with Crippen LogP contribution in [0.25, 0.3) is 0 Å². The van der Waals surface area contributed by atoms with Gasteiger partial charge in [0.05, 0.1) is 18.6 Å². The molecule has 0 aromatic heterocycles. The molecule has 1 atom stereocenters. The topological polar surface area (TPSA) is 148 Å². The maximum atomic E-state index is 13.2. The van der Waals surface area contributed by atoms with E-state index >= 15 is 0 Å². The Labute approximate surface area is 197 Å². The number of carbonyl (C=O) groups excluding carboxylic acids is 2. The Morgan fingerprint density at radius 3 is 2.21 bits per heavy atom. The van der Waals surface area contributed by atoms with E-state index in [1.54, 1.807) is 24.3 Å². The van der Waals surface area contributed by atoms with Crippen molar-refractivity contribution in [3.05, 3.63) is 54.1 Å². The number of aliphatic hydroxyl groups is 1. The summed E-state index contributed by atoms with van der Waals surface area (Å²) in [4.78, 5) is 24.5. The highest BCUT2D eigenvalue weighted by atomic mass is 32.2. The van der Waals surface area contributed by atoms with Gasteiger partial charge in [-0.15, -0.1) is 0 Å². The first-order valence-corrected chi connectivity index (χ1v) is 12.1. The summed E-state index contributed by atoms with van der Waals surface area (Å²) < 4.78 is 40.4. The SMILES string of the molecule is COc1ccc(C(=O)[C@H](O)CCOc2ccc(S(=O)(=O)C3(C(=O)NO)CCOCC3)cc2)cc1. The van der Waals surface area contributed by atoms with E-state index in [0.717, 1.165) is 0 Å².